The number of halogens is 1. The molecule has 4 rings (SSSR count). The van der Waals surface area contributed by atoms with E-state index in [1.807, 2.05) is 30.3 Å². The van der Waals surface area contributed by atoms with Crippen LogP contribution in [0.25, 0.3) is 11.1 Å². The SMILES string of the molecule is NC(=O)C1(Cc2cccc(-c3cccc(F)c3)c2)CCCN(C(=O)c2cnccn2)C1. The molecule has 3 aromatic rings. The Morgan fingerprint density at radius 2 is 1.87 bits per heavy atom. The Kier molecular flexibility index (Phi) is 5.75. The third-order valence-electron chi connectivity index (χ3n) is 5.80. The molecule has 158 valence electrons. The minimum absolute atomic E-state index is 0.224. The van der Waals surface area contributed by atoms with Gasteiger partial charge in [-0.3, -0.25) is 14.6 Å². The minimum Gasteiger partial charge on any atom is -0.369 e. The molecular weight excluding hydrogens is 395 g/mol. The van der Waals surface area contributed by atoms with Crippen molar-refractivity contribution in [2.24, 2.45) is 11.1 Å². The summed E-state index contributed by atoms with van der Waals surface area (Å²) in [4.78, 5) is 35.1. The Labute approximate surface area is 179 Å². The molecule has 2 amide bonds. The van der Waals surface area contributed by atoms with Gasteiger partial charge in [0, 0.05) is 25.5 Å². The molecule has 7 heteroatoms. The van der Waals surface area contributed by atoms with Gasteiger partial charge in [-0.2, -0.15) is 0 Å². The van der Waals surface area contributed by atoms with Crippen molar-refractivity contribution < 1.29 is 14.0 Å². The van der Waals surface area contributed by atoms with Gasteiger partial charge in [0.2, 0.25) is 5.91 Å². The molecule has 1 fully saturated rings. The number of benzene rings is 2. The number of hydrogen-bond donors (Lipinski definition) is 1. The summed E-state index contributed by atoms with van der Waals surface area (Å²) in [5.74, 6) is -0.991. The highest BCUT2D eigenvalue weighted by Gasteiger charge is 2.42. The standard InChI is InChI=1S/C24H23FN4O2/c25-20-7-2-6-19(13-20)18-5-1-4-17(12-18)14-24(23(26)31)8-3-11-29(16-24)22(30)21-15-27-9-10-28-21/h1-2,4-7,9-10,12-13,15H,3,8,11,14,16H2,(H2,26,31). The van der Waals surface area contributed by atoms with E-state index in [0.717, 1.165) is 16.7 Å². The molecule has 1 aromatic heterocycles. The van der Waals surface area contributed by atoms with Crippen molar-refractivity contribution in [3.63, 3.8) is 0 Å². The van der Waals surface area contributed by atoms with Crippen LogP contribution >= 0.6 is 0 Å². The van der Waals surface area contributed by atoms with Crippen LogP contribution in [0.2, 0.25) is 0 Å². The highest BCUT2D eigenvalue weighted by Crippen LogP contribution is 2.35. The molecule has 1 saturated heterocycles. The Morgan fingerprint density at radius 3 is 2.58 bits per heavy atom. The molecule has 31 heavy (non-hydrogen) atoms. The highest BCUT2D eigenvalue weighted by atomic mass is 19.1. The van der Waals surface area contributed by atoms with Crippen molar-refractivity contribution in [1.82, 2.24) is 14.9 Å². The van der Waals surface area contributed by atoms with Gasteiger partial charge in [0.25, 0.3) is 5.91 Å². The summed E-state index contributed by atoms with van der Waals surface area (Å²) in [5, 5.41) is 0. The average Bonchev–Trinajstić information content (AvgIpc) is 2.79. The Bertz CT molecular complexity index is 1110. The third-order valence-corrected chi connectivity index (χ3v) is 5.80. The summed E-state index contributed by atoms with van der Waals surface area (Å²) in [6.45, 7) is 0.760. The van der Waals surface area contributed by atoms with Gasteiger partial charge < -0.3 is 10.6 Å². The first kappa shape index (κ1) is 20.7. The van der Waals surface area contributed by atoms with E-state index in [2.05, 4.69) is 9.97 Å². The van der Waals surface area contributed by atoms with Crippen molar-refractivity contribution >= 4 is 11.8 Å². The van der Waals surface area contributed by atoms with E-state index in [9.17, 15) is 14.0 Å². The van der Waals surface area contributed by atoms with E-state index >= 15 is 0 Å². The number of hydrogen-bond acceptors (Lipinski definition) is 4. The molecular formula is C24H23FN4O2. The predicted molar refractivity (Wildman–Crippen MR) is 114 cm³/mol. The van der Waals surface area contributed by atoms with Crippen LogP contribution < -0.4 is 5.73 Å². The number of nitrogens with zero attached hydrogens (tertiary/aromatic N) is 3. The highest BCUT2D eigenvalue weighted by molar-refractivity contribution is 5.93. The quantitative estimate of drug-likeness (QED) is 0.689. The lowest BCUT2D eigenvalue weighted by atomic mass is 9.74. The maximum Gasteiger partial charge on any atom is 0.274 e. The normalized spacial score (nSPS) is 18.5. The minimum atomic E-state index is -0.878. The van der Waals surface area contributed by atoms with Gasteiger partial charge in [0.05, 0.1) is 11.6 Å². The number of piperidine rings is 1. The topological polar surface area (TPSA) is 89.2 Å². The van der Waals surface area contributed by atoms with E-state index in [0.29, 0.717) is 25.8 Å². The van der Waals surface area contributed by atoms with Gasteiger partial charge in [-0.15, -0.1) is 0 Å². The fourth-order valence-electron chi connectivity index (χ4n) is 4.23. The van der Waals surface area contributed by atoms with Crippen LogP contribution in [0, 0.1) is 11.2 Å². The summed E-state index contributed by atoms with van der Waals surface area (Å²) < 4.78 is 13.6. The first-order chi connectivity index (χ1) is 15.0. The second-order valence-corrected chi connectivity index (χ2v) is 7.95. The Balaban J connectivity index is 1.60. The second kappa shape index (κ2) is 8.63. The van der Waals surface area contributed by atoms with Crippen molar-refractivity contribution in [3.05, 3.63) is 84.2 Å². The van der Waals surface area contributed by atoms with Gasteiger partial charge in [0.15, 0.2) is 0 Å². The summed E-state index contributed by atoms with van der Waals surface area (Å²) in [7, 11) is 0. The van der Waals surface area contributed by atoms with Crippen molar-refractivity contribution in [2.75, 3.05) is 13.1 Å². The molecule has 0 spiro atoms. The molecule has 0 radical (unpaired) electrons. The predicted octanol–water partition coefficient (Wildman–Crippen LogP) is 3.23. The van der Waals surface area contributed by atoms with Crippen LogP contribution in [0.1, 0.15) is 28.9 Å². The number of likely N-dealkylation sites (tertiary alicyclic amines) is 1. The molecule has 0 saturated carbocycles. The van der Waals surface area contributed by atoms with E-state index in [-0.39, 0.29) is 24.0 Å². The molecule has 2 N–H and O–H groups in total. The summed E-state index contributed by atoms with van der Waals surface area (Å²) >= 11 is 0. The monoisotopic (exact) mass is 418 g/mol. The number of primary amides is 1. The lowest BCUT2D eigenvalue weighted by Crippen LogP contribution is -2.53. The number of rotatable bonds is 5. The second-order valence-electron chi connectivity index (χ2n) is 7.95. The largest absolute Gasteiger partial charge is 0.369 e. The van der Waals surface area contributed by atoms with Gasteiger partial charge in [0.1, 0.15) is 11.5 Å². The van der Waals surface area contributed by atoms with Crippen molar-refractivity contribution in [2.45, 2.75) is 19.3 Å². The van der Waals surface area contributed by atoms with E-state index in [4.69, 9.17) is 5.73 Å². The van der Waals surface area contributed by atoms with Crippen molar-refractivity contribution in [3.8, 4) is 11.1 Å². The van der Waals surface area contributed by atoms with Crippen molar-refractivity contribution in [1.29, 1.82) is 0 Å². The molecule has 0 aliphatic carbocycles. The molecule has 2 aromatic carbocycles. The van der Waals surface area contributed by atoms with E-state index in [1.165, 1.54) is 30.7 Å². The summed E-state index contributed by atoms with van der Waals surface area (Å²) in [5.41, 5.74) is 7.77. The van der Waals surface area contributed by atoms with Gasteiger partial charge in [-0.1, -0.05) is 36.4 Å². The third kappa shape index (κ3) is 4.45. The zero-order valence-electron chi connectivity index (χ0n) is 17.0. The average molecular weight is 418 g/mol. The van der Waals surface area contributed by atoms with Gasteiger partial charge in [-0.25, -0.2) is 9.37 Å². The molecule has 0 bridgehead atoms. The van der Waals surface area contributed by atoms with Gasteiger partial charge >= 0.3 is 0 Å². The van der Waals surface area contributed by atoms with Crippen LogP contribution in [0.15, 0.2) is 67.1 Å². The first-order valence-electron chi connectivity index (χ1n) is 10.2. The van der Waals surface area contributed by atoms with Crippen LogP contribution in [0.5, 0.6) is 0 Å². The number of aromatic nitrogens is 2. The first-order valence-corrected chi connectivity index (χ1v) is 10.2. The molecule has 1 unspecified atom stereocenters. The maximum atomic E-state index is 13.6. The van der Waals surface area contributed by atoms with Crippen LogP contribution in [0.3, 0.4) is 0 Å². The Morgan fingerprint density at radius 1 is 1.10 bits per heavy atom. The zero-order chi connectivity index (χ0) is 21.8. The smallest absolute Gasteiger partial charge is 0.274 e. The van der Waals surface area contributed by atoms with Crippen LogP contribution in [-0.4, -0.2) is 39.8 Å². The number of nitrogens with two attached hydrogens (primary N) is 1. The lowest BCUT2D eigenvalue weighted by molar-refractivity contribution is -0.130. The fraction of sp³-hybridized carbons (Fsp3) is 0.250. The van der Waals surface area contributed by atoms with Crippen LogP contribution in [0.4, 0.5) is 4.39 Å². The number of carbonyl (C=O) groups excluding carboxylic acids is 2. The zero-order valence-corrected chi connectivity index (χ0v) is 17.0. The van der Waals surface area contributed by atoms with Crippen LogP contribution in [-0.2, 0) is 11.2 Å². The number of carbonyl (C=O) groups is 2. The van der Waals surface area contributed by atoms with E-state index in [1.54, 1.807) is 11.0 Å². The molecule has 1 atom stereocenters. The lowest BCUT2D eigenvalue weighted by Gasteiger charge is -2.40. The van der Waals surface area contributed by atoms with E-state index < -0.39 is 11.3 Å². The summed E-state index contributed by atoms with van der Waals surface area (Å²) in [6, 6.07) is 14.0. The molecule has 1 aliphatic rings. The summed E-state index contributed by atoms with van der Waals surface area (Å²) in [6.07, 6.45) is 6.05. The fourth-order valence-corrected chi connectivity index (χ4v) is 4.23. The maximum absolute atomic E-state index is 13.6. The molecule has 2 heterocycles. The molecule has 1 aliphatic heterocycles. The molecule has 6 nitrogen and oxygen atoms in total. The van der Waals surface area contributed by atoms with Gasteiger partial charge in [-0.05, 0) is 48.1 Å². The number of amides is 2. The Hall–Kier alpha value is -3.61.